The highest BCUT2D eigenvalue weighted by Crippen LogP contribution is 2.17. The third kappa shape index (κ3) is 2.09. The number of nitrogens with zero attached hydrogens (tertiary/aromatic N) is 1. The molecule has 6 heteroatoms. The highest BCUT2D eigenvalue weighted by Gasteiger charge is 2.25. The second-order valence-corrected chi connectivity index (χ2v) is 4.02. The molecular formula is C10H10ClFN2O2. The fourth-order valence-corrected chi connectivity index (χ4v) is 1.91. The maximum atomic E-state index is 12.6. The Bertz CT molecular complexity index is 472. The van der Waals surface area contributed by atoms with E-state index in [0.717, 1.165) is 11.3 Å². The predicted molar refractivity (Wildman–Crippen MR) is 56.9 cm³/mol. The van der Waals surface area contributed by atoms with Gasteiger partial charge in [-0.3, -0.25) is 9.59 Å². The Hall–Kier alpha value is -1.36. The number of carbonyl (C=O) groups is 1. The summed E-state index contributed by atoms with van der Waals surface area (Å²) in [5, 5.41) is 0. The zero-order chi connectivity index (χ0) is 11.7. The Kier molecular flexibility index (Phi) is 2.96. The number of fused-ring (bicyclic) bond motifs is 1. The van der Waals surface area contributed by atoms with Gasteiger partial charge in [-0.05, 0) is 5.56 Å². The van der Waals surface area contributed by atoms with E-state index in [1.165, 1.54) is 11.0 Å². The van der Waals surface area contributed by atoms with Crippen LogP contribution in [0.1, 0.15) is 11.3 Å². The molecule has 4 nitrogen and oxygen atoms in total. The van der Waals surface area contributed by atoms with E-state index in [1.807, 2.05) is 0 Å². The zero-order valence-electron chi connectivity index (χ0n) is 8.37. The van der Waals surface area contributed by atoms with Gasteiger partial charge >= 0.3 is 0 Å². The van der Waals surface area contributed by atoms with Gasteiger partial charge in [-0.25, -0.2) is 4.39 Å². The highest BCUT2D eigenvalue weighted by molar-refractivity contribution is 6.29. The lowest BCUT2D eigenvalue weighted by molar-refractivity contribution is -0.134. The van der Waals surface area contributed by atoms with E-state index in [9.17, 15) is 14.0 Å². The van der Waals surface area contributed by atoms with Crippen LogP contribution in [0.3, 0.4) is 0 Å². The first-order valence-electron chi connectivity index (χ1n) is 4.86. The molecule has 0 aliphatic carbocycles. The summed E-state index contributed by atoms with van der Waals surface area (Å²) in [6, 6.07) is 3.04. The van der Waals surface area contributed by atoms with Crippen LogP contribution in [-0.4, -0.2) is 28.0 Å². The quantitative estimate of drug-likeness (QED) is 0.743. The second-order valence-electron chi connectivity index (χ2n) is 3.64. The van der Waals surface area contributed by atoms with Crippen LogP contribution in [0.25, 0.3) is 0 Å². The second kappa shape index (κ2) is 4.25. The number of hydrogen-bond donors (Lipinski definition) is 1. The van der Waals surface area contributed by atoms with Crippen molar-refractivity contribution in [3.8, 4) is 0 Å². The van der Waals surface area contributed by atoms with Gasteiger partial charge in [0.1, 0.15) is 0 Å². The van der Waals surface area contributed by atoms with Crippen LogP contribution in [0.2, 0.25) is 0 Å². The van der Waals surface area contributed by atoms with Crippen LogP contribution in [0, 0.1) is 0 Å². The van der Waals surface area contributed by atoms with E-state index in [4.69, 9.17) is 11.6 Å². The van der Waals surface area contributed by atoms with Gasteiger partial charge in [-0.15, -0.1) is 0 Å². The Morgan fingerprint density at radius 3 is 3.00 bits per heavy atom. The van der Waals surface area contributed by atoms with Crippen LogP contribution in [0.4, 0.5) is 4.39 Å². The first-order chi connectivity index (χ1) is 7.58. The van der Waals surface area contributed by atoms with E-state index in [0.29, 0.717) is 13.0 Å². The molecule has 1 aliphatic rings. The average Bonchev–Trinajstić information content (AvgIpc) is 2.27. The molecule has 2 rings (SSSR count). The number of halogens is 2. The normalized spacial score (nSPS) is 16.8. The fraction of sp³-hybridized carbons (Fsp3) is 0.400. The van der Waals surface area contributed by atoms with Crippen molar-refractivity contribution in [1.82, 2.24) is 9.88 Å². The van der Waals surface area contributed by atoms with Gasteiger partial charge in [-0.1, -0.05) is 17.7 Å². The van der Waals surface area contributed by atoms with Crippen molar-refractivity contribution in [3.63, 3.8) is 0 Å². The van der Waals surface area contributed by atoms with Crippen LogP contribution in [-0.2, 0) is 17.8 Å². The van der Waals surface area contributed by atoms with Gasteiger partial charge in [0, 0.05) is 31.3 Å². The van der Waals surface area contributed by atoms with Crippen LogP contribution >= 0.6 is 11.6 Å². The predicted octanol–water partition coefficient (Wildman–Crippen LogP) is 0.794. The summed E-state index contributed by atoms with van der Waals surface area (Å²) in [4.78, 5) is 26.4. The third-order valence-corrected chi connectivity index (χ3v) is 2.78. The minimum atomic E-state index is -2.00. The minimum Gasteiger partial charge on any atom is -0.334 e. The molecule has 1 aromatic rings. The number of alkyl halides is 2. The van der Waals surface area contributed by atoms with Gasteiger partial charge in [0.05, 0.1) is 0 Å². The SMILES string of the molecule is O=C(C(F)Cl)N1CCc2[nH]c(=O)ccc2C1. The first kappa shape index (κ1) is 11.1. The number of aromatic nitrogens is 1. The van der Waals surface area contributed by atoms with Crippen LogP contribution in [0.15, 0.2) is 16.9 Å². The van der Waals surface area contributed by atoms with Gasteiger partial charge in [-0.2, -0.15) is 0 Å². The van der Waals surface area contributed by atoms with Crippen molar-refractivity contribution in [2.45, 2.75) is 18.6 Å². The van der Waals surface area contributed by atoms with Crippen LogP contribution < -0.4 is 5.56 Å². The van der Waals surface area contributed by atoms with E-state index >= 15 is 0 Å². The Labute approximate surface area is 96.0 Å². The molecule has 1 unspecified atom stereocenters. The van der Waals surface area contributed by atoms with Crippen molar-refractivity contribution < 1.29 is 9.18 Å². The molecule has 16 heavy (non-hydrogen) atoms. The Morgan fingerprint density at radius 1 is 1.56 bits per heavy atom. The first-order valence-corrected chi connectivity index (χ1v) is 5.29. The zero-order valence-corrected chi connectivity index (χ0v) is 9.13. The molecule has 0 aromatic carbocycles. The monoisotopic (exact) mass is 244 g/mol. The molecule has 0 fully saturated rings. The molecule has 0 saturated carbocycles. The summed E-state index contributed by atoms with van der Waals surface area (Å²) >= 11 is 5.10. The largest absolute Gasteiger partial charge is 0.334 e. The van der Waals surface area contributed by atoms with Crippen molar-refractivity contribution in [2.75, 3.05) is 6.54 Å². The molecule has 1 N–H and O–H groups in total. The van der Waals surface area contributed by atoms with E-state index < -0.39 is 11.5 Å². The number of aromatic amines is 1. The Balaban J connectivity index is 2.21. The fourth-order valence-electron chi connectivity index (χ4n) is 1.78. The molecule has 0 bridgehead atoms. The van der Waals surface area contributed by atoms with Gasteiger partial charge in [0.25, 0.3) is 11.5 Å². The summed E-state index contributed by atoms with van der Waals surface area (Å²) in [6.07, 6.45) is 0.515. The van der Waals surface area contributed by atoms with Crippen molar-refractivity contribution in [2.24, 2.45) is 0 Å². The number of pyridine rings is 1. The highest BCUT2D eigenvalue weighted by atomic mass is 35.5. The summed E-state index contributed by atoms with van der Waals surface area (Å²) in [5.41, 5.74) is -0.526. The number of H-pyrrole nitrogens is 1. The molecule has 86 valence electrons. The molecule has 0 spiro atoms. The molecule has 2 heterocycles. The average molecular weight is 245 g/mol. The van der Waals surface area contributed by atoms with E-state index in [-0.39, 0.29) is 12.1 Å². The van der Waals surface area contributed by atoms with Crippen molar-refractivity contribution in [3.05, 3.63) is 33.7 Å². The smallest absolute Gasteiger partial charge is 0.273 e. The Morgan fingerprint density at radius 2 is 2.31 bits per heavy atom. The third-order valence-electron chi connectivity index (χ3n) is 2.59. The number of hydrogen-bond acceptors (Lipinski definition) is 2. The number of rotatable bonds is 1. The summed E-state index contributed by atoms with van der Waals surface area (Å²) in [7, 11) is 0. The topological polar surface area (TPSA) is 53.2 Å². The van der Waals surface area contributed by atoms with Crippen LogP contribution in [0.5, 0.6) is 0 Å². The number of nitrogens with one attached hydrogen (secondary N) is 1. The molecular weight excluding hydrogens is 235 g/mol. The lowest BCUT2D eigenvalue weighted by Gasteiger charge is -2.28. The summed E-state index contributed by atoms with van der Waals surface area (Å²) in [6.45, 7) is 0.664. The maximum Gasteiger partial charge on any atom is 0.273 e. The molecule has 1 aliphatic heterocycles. The summed E-state index contributed by atoms with van der Waals surface area (Å²) < 4.78 is 12.6. The lowest BCUT2D eigenvalue weighted by atomic mass is 10.1. The number of carbonyl (C=O) groups excluding carboxylic acids is 1. The van der Waals surface area contributed by atoms with Gasteiger partial charge in [0.15, 0.2) is 0 Å². The molecule has 1 atom stereocenters. The van der Waals surface area contributed by atoms with E-state index in [1.54, 1.807) is 6.07 Å². The molecule has 1 amide bonds. The minimum absolute atomic E-state index is 0.167. The molecule has 1 aromatic heterocycles. The lowest BCUT2D eigenvalue weighted by Crippen LogP contribution is -2.39. The molecule has 0 radical (unpaired) electrons. The number of amides is 1. The standard InChI is InChI=1S/C10H10ClFN2O2/c11-9(12)10(16)14-4-3-7-6(5-14)1-2-8(15)13-7/h1-2,9H,3-5H2,(H,13,15). The van der Waals surface area contributed by atoms with E-state index in [2.05, 4.69) is 4.98 Å². The van der Waals surface area contributed by atoms with Gasteiger partial charge in [0.2, 0.25) is 5.56 Å². The maximum absolute atomic E-state index is 12.6. The molecule has 0 saturated heterocycles. The van der Waals surface area contributed by atoms with Crippen molar-refractivity contribution in [1.29, 1.82) is 0 Å². The van der Waals surface area contributed by atoms with Crippen molar-refractivity contribution >= 4 is 17.5 Å². The summed E-state index contributed by atoms with van der Waals surface area (Å²) in [5.74, 6) is -0.724. The van der Waals surface area contributed by atoms with Gasteiger partial charge < -0.3 is 9.88 Å².